The standard InChI is InChI=1S/C15H12N2O3S/c1-11-6-8-12(9-7-11)21(18,19)20-15-10-16-13-4-2-3-5-14(13)17-15/h2-10H,1H3. The highest BCUT2D eigenvalue weighted by Gasteiger charge is 2.17. The van der Waals surface area contributed by atoms with Gasteiger partial charge in [-0.05, 0) is 31.2 Å². The minimum Gasteiger partial charge on any atom is -0.356 e. The van der Waals surface area contributed by atoms with Crippen molar-refractivity contribution in [3.63, 3.8) is 0 Å². The van der Waals surface area contributed by atoms with Crippen LogP contribution in [0.3, 0.4) is 0 Å². The van der Waals surface area contributed by atoms with Crippen LogP contribution in [0.15, 0.2) is 59.6 Å². The molecule has 0 saturated heterocycles. The number of hydrogen-bond acceptors (Lipinski definition) is 5. The molecule has 0 saturated carbocycles. The lowest BCUT2D eigenvalue weighted by atomic mass is 10.2. The Morgan fingerprint density at radius 2 is 1.62 bits per heavy atom. The van der Waals surface area contributed by atoms with E-state index in [1.165, 1.54) is 18.3 Å². The van der Waals surface area contributed by atoms with Gasteiger partial charge in [-0.2, -0.15) is 8.42 Å². The quantitative estimate of drug-likeness (QED) is 0.696. The molecule has 0 amide bonds. The molecule has 0 atom stereocenters. The van der Waals surface area contributed by atoms with Gasteiger partial charge in [0.15, 0.2) is 0 Å². The maximum Gasteiger partial charge on any atom is 0.340 e. The maximum absolute atomic E-state index is 12.2. The van der Waals surface area contributed by atoms with E-state index in [9.17, 15) is 8.42 Å². The van der Waals surface area contributed by atoms with E-state index < -0.39 is 10.1 Å². The second-order valence-corrected chi connectivity index (χ2v) is 6.09. The van der Waals surface area contributed by atoms with Gasteiger partial charge in [0.05, 0.1) is 17.2 Å². The molecule has 0 bridgehead atoms. The number of rotatable bonds is 3. The summed E-state index contributed by atoms with van der Waals surface area (Å²) in [7, 11) is -3.90. The lowest BCUT2D eigenvalue weighted by Crippen LogP contribution is -2.10. The third-order valence-corrected chi connectivity index (χ3v) is 4.17. The molecular weight excluding hydrogens is 288 g/mol. The summed E-state index contributed by atoms with van der Waals surface area (Å²) in [6.07, 6.45) is 1.30. The van der Waals surface area contributed by atoms with Gasteiger partial charge in [0, 0.05) is 0 Å². The Morgan fingerprint density at radius 1 is 0.952 bits per heavy atom. The Kier molecular flexibility index (Phi) is 3.31. The molecule has 106 valence electrons. The zero-order valence-electron chi connectivity index (χ0n) is 11.2. The van der Waals surface area contributed by atoms with E-state index in [2.05, 4.69) is 9.97 Å². The van der Waals surface area contributed by atoms with Crippen LogP contribution in [0.1, 0.15) is 5.56 Å². The first-order valence-electron chi connectivity index (χ1n) is 6.27. The molecule has 2 aromatic carbocycles. The number of nitrogens with zero attached hydrogens (tertiary/aromatic N) is 2. The van der Waals surface area contributed by atoms with Gasteiger partial charge in [0.1, 0.15) is 4.90 Å². The summed E-state index contributed by atoms with van der Waals surface area (Å²) in [5.41, 5.74) is 2.23. The van der Waals surface area contributed by atoms with Crippen molar-refractivity contribution >= 4 is 21.2 Å². The molecule has 1 heterocycles. The average molecular weight is 300 g/mol. The minimum absolute atomic E-state index is 0.0470. The van der Waals surface area contributed by atoms with E-state index in [4.69, 9.17) is 4.18 Å². The van der Waals surface area contributed by atoms with E-state index in [1.54, 1.807) is 30.3 Å². The van der Waals surface area contributed by atoms with E-state index in [0.717, 1.165) is 5.56 Å². The molecule has 0 aliphatic heterocycles. The first-order chi connectivity index (χ1) is 10.0. The van der Waals surface area contributed by atoms with Crippen molar-refractivity contribution in [2.45, 2.75) is 11.8 Å². The van der Waals surface area contributed by atoms with Gasteiger partial charge < -0.3 is 4.18 Å². The van der Waals surface area contributed by atoms with Crippen LogP contribution >= 0.6 is 0 Å². The second-order valence-electron chi connectivity index (χ2n) is 4.55. The average Bonchev–Trinajstić information content (AvgIpc) is 2.47. The van der Waals surface area contributed by atoms with Crippen molar-refractivity contribution in [1.29, 1.82) is 0 Å². The highest BCUT2D eigenvalue weighted by molar-refractivity contribution is 7.87. The third-order valence-electron chi connectivity index (χ3n) is 2.93. The van der Waals surface area contributed by atoms with Crippen LogP contribution in [0.2, 0.25) is 0 Å². The van der Waals surface area contributed by atoms with E-state index in [-0.39, 0.29) is 10.8 Å². The highest BCUT2D eigenvalue weighted by atomic mass is 32.2. The lowest BCUT2D eigenvalue weighted by molar-refractivity contribution is 0.476. The van der Waals surface area contributed by atoms with Gasteiger partial charge in [0.2, 0.25) is 0 Å². The summed E-state index contributed by atoms with van der Waals surface area (Å²) >= 11 is 0. The highest BCUT2D eigenvalue weighted by Crippen LogP contribution is 2.18. The topological polar surface area (TPSA) is 69.2 Å². The number of aromatic nitrogens is 2. The predicted molar refractivity (Wildman–Crippen MR) is 78.5 cm³/mol. The summed E-state index contributed by atoms with van der Waals surface area (Å²) in [5, 5.41) is 0. The van der Waals surface area contributed by atoms with E-state index in [1.807, 2.05) is 13.0 Å². The zero-order chi connectivity index (χ0) is 14.9. The van der Waals surface area contributed by atoms with E-state index >= 15 is 0 Å². The van der Waals surface area contributed by atoms with Crippen LogP contribution < -0.4 is 4.18 Å². The summed E-state index contributed by atoms with van der Waals surface area (Å²) < 4.78 is 29.4. The Balaban J connectivity index is 1.95. The molecule has 6 heteroatoms. The van der Waals surface area contributed by atoms with Gasteiger partial charge in [-0.25, -0.2) is 9.97 Å². The van der Waals surface area contributed by atoms with E-state index in [0.29, 0.717) is 11.0 Å². The van der Waals surface area contributed by atoms with Gasteiger partial charge in [-0.1, -0.05) is 29.8 Å². The van der Waals surface area contributed by atoms with Crippen LogP contribution in [-0.4, -0.2) is 18.4 Å². The number of fused-ring (bicyclic) bond motifs is 1. The fourth-order valence-corrected chi connectivity index (χ4v) is 2.72. The molecule has 0 N–H and O–H groups in total. The smallest absolute Gasteiger partial charge is 0.340 e. The number of aryl methyl sites for hydroxylation is 1. The van der Waals surface area contributed by atoms with Crippen LogP contribution in [0, 0.1) is 6.92 Å². The molecule has 3 aromatic rings. The first kappa shape index (κ1) is 13.5. The van der Waals surface area contributed by atoms with Gasteiger partial charge in [-0.3, -0.25) is 0 Å². The molecule has 0 unspecified atom stereocenters. The number of benzene rings is 2. The number of para-hydroxylation sites is 2. The maximum atomic E-state index is 12.2. The first-order valence-corrected chi connectivity index (χ1v) is 7.68. The Bertz CT molecular complexity index is 890. The fraction of sp³-hybridized carbons (Fsp3) is 0.0667. The van der Waals surface area contributed by atoms with Gasteiger partial charge in [0.25, 0.3) is 5.88 Å². The van der Waals surface area contributed by atoms with Gasteiger partial charge >= 0.3 is 10.1 Å². The van der Waals surface area contributed by atoms with Crippen molar-refractivity contribution in [3.8, 4) is 5.88 Å². The fourth-order valence-electron chi connectivity index (χ4n) is 1.85. The Hall–Kier alpha value is -2.47. The lowest BCUT2D eigenvalue weighted by Gasteiger charge is -2.06. The molecule has 1 aromatic heterocycles. The van der Waals surface area contributed by atoms with Gasteiger partial charge in [-0.15, -0.1) is 0 Å². The Labute approximate surface area is 122 Å². The van der Waals surface area contributed by atoms with Crippen molar-refractivity contribution in [2.24, 2.45) is 0 Å². The van der Waals surface area contributed by atoms with Crippen molar-refractivity contribution < 1.29 is 12.6 Å². The van der Waals surface area contributed by atoms with Crippen molar-refractivity contribution in [1.82, 2.24) is 9.97 Å². The monoisotopic (exact) mass is 300 g/mol. The Morgan fingerprint density at radius 3 is 2.33 bits per heavy atom. The summed E-state index contributed by atoms with van der Waals surface area (Å²) in [6.45, 7) is 1.88. The normalized spacial score (nSPS) is 11.5. The van der Waals surface area contributed by atoms with Crippen molar-refractivity contribution in [2.75, 3.05) is 0 Å². The summed E-state index contributed by atoms with van der Waals surface area (Å²) in [4.78, 5) is 8.35. The predicted octanol–water partition coefficient (Wildman–Crippen LogP) is 2.71. The van der Waals surface area contributed by atoms with Crippen LogP contribution in [0.5, 0.6) is 5.88 Å². The molecule has 0 aliphatic rings. The zero-order valence-corrected chi connectivity index (χ0v) is 12.0. The number of hydrogen-bond donors (Lipinski definition) is 0. The molecular formula is C15H12N2O3S. The van der Waals surface area contributed by atoms with Crippen LogP contribution in [0.4, 0.5) is 0 Å². The molecule has 3 rings (SSSR count). The summed E-state index contributed by atoms with van der Waals surface area (Å²) in [5.74, 6) is -0.0470. The molecule has 0 fully saturated rings. The third kappa shape index (κ3) is 2.85. The van der Waals surface area contributed by atoms with Crippen LogP contribution in [0.25, 0.3) is 11.0 Å². The minimum atomic E-state index is -3.90. The van der Waals surface area contributed by atoms with Crippen LogP contribution in [-0.2, 0) is 10.1 Å². The molecule has 5 nitrogen and oxygen atoms in total. The summed E-state index contributed by atoms with van der Waals surface area (Å²) in [6, 6.07) is 13.6. The largest absolute Gasteiger partial charge is 0.356 e. The molecule has 0 spiro atoms. The molecule has 21 heavy (non-hydrogen) atoms. The second kappa shape index (κ2) is 5.14. The SMILES string of the molecule is Cc1ccc(S(=O)(=O)Oc2cnc3ccccc3n2)cc1. The molecule has 0 radical (unpaired) electrons. The molecule has 0 aliphatic carbocycles. The van der Waals surface area contributed by atoms with Crippen molar-refractivity contribution in [3.05, 3.63) is 60.3 Å².